The largest absolute Gasteiger partial charge is 0.456 e. The second-order valence-corrected chi connectivity index (χ2v) is 17.6. The summed E-state index contributed by atoms with van der Waals surface area (Å²) in [5.74, 6) is 1.27. The maximum Gasteiger partial charge on any atom is 0.242 e. The first-order valence-electron chi connectivity index (χ1n) is 22.1. The van der Waals surface area contributed by atoms with E-state index in [4.69, 9.17) is 4.42 Å². The molecule has 4 heteroatoms. The molecule has 8 aromatic carbocycles. The van der Waals surface area contributed by atoms with Gasteiger partial charge < -0.3 is 14.2 Å². The zero-order chi connectivity index (χ0) is 42.0. The van der Waals surface area contributed by atoms with E-state index in [1.807, 2.05) is 0 Å². The zero-order valence-electron chi connectivity index (χ0n) is 35.8. The summed E-state index contributed by atoms with van der Waals surface area (Å²) in [6.45, 7) is 9.54. The number of anilines is 6. The molecule has 0 saturated heterocycles. The van der Waals surface area contributed by atoms with Crippen molar-refractivity contribution in [1.82, 2.24) is 0 Å². The molecule has 1 aromatic heterocycles. The Kier molecular flexibility index (Phi) is 9.27. The molecule has 0 fully saturated rings. The topological polar surface area (TPSA) is 19.6 Å². The first-order chi connectivity index (χ1) is 30.4. The maximum atomic E-state index is 6.81. The lowest BCUT2D eigenvalue weighted by molar-refractivity contribution is 0.623. The van der Waals surface area contributed by atoms with Crippen molar-refractivity contribution in [3.63, 3.8) is 0 Å². The van der Waals surface area contributed by atoms with E-state index in [0.29, 0.717) is 0 Å². The fraction of sp³-hybridized carbons (Fsp3) is 0.138. The normalized spacial score (nSPS) is 14.7. The van der Waals surface area contributed by atoms with Crippen LogP contribution in [0.5, 0.6) is 0 Å². The number of furan rings is 1. The lowest BCUT2D eigenvalue weighted by atomic mass is 9.30. The Morgan fingerprint density at radius 3 is 1.68 bits per heavy atom. The van der Waals surface area contributed by atoms with E-state index in [9.17, 15) is 0 Å². The number of rotatable bonds is 8. The molecule has 2 aliphatic rings. The fourth-order valence-electron chi connectivity index (χ4n) is 10.7. The number of hydrogen-bond acceptors (Lipinski definition) is 3. The highest BCUT2D eigenvalue weighted by molar-refractivity contribution is 6.97. The average Bonchev–Trinajstić information content (AvgIpc) is 3.57. The van der Waals surface area contributed by atoms with Crippen LogP contribution in [0.4, 0.5) is 34.1 Å². The van der Waals surface area contributed by atoms with Gasteiger partial charge in [0.05, 0.1) is 0 Å². The van der Waals surface area contributed by atoms with Gasteiger partial charge in [0.1, 0.15) is 11.3 Å². The summed E-state index contributed by atoms with van der Waals surface area (Å²) in [4.78, 5) is 4.85. The molecule has 0 aliphatic carbocycles. The molecule has 0 amide bonds. The molecule has 0 saturated carbocycles. The number of para-hydroxylation sites is 5. The minimum atomic E-state index is -0.338. The molecule has 1 atom stereocenters. The van der Waals surface area contributed by atoms with E-state index in [1.54, 1.807) is 0 Å². The molecule has 0 bridgehead atoms. The number of nitrogens with zero attached hydrogens (tertiary/aromatic N) is 2. The van der Waals surface area contributed by atoms with E-state index in [-0.39, 0.29) is 18.0 Å². The number of aryl methyl sites for hydroxylation is 1. The number of fused-ring (bicyclic) bond motifs is 5. The average molecular weight is 801 g/mol. The van der Waals surface area contributed by atoms with Crippen molar-refractivity contribution in [2.75, 3.05) is 9.80 Å². The first kappa shape index (κ1) is 37.9. The van der Waals surface area contributed by atoms with Crippen molar-refractivity contribution in [2.24, 2.45) is 0 Å². The van der Waals surface area contributed by atoms with Crippen LogP contribution in [0, 0.1) is 6.92 Å². The maximum absolute atomic E-state index is 6.81. The molecule has 3 heterocycles. The van der Waals surface area contributed by atoms with Gasteiger partial charge >= 0.3 is 0 Å². The Hall–Kier alpha value is -7.04. The van der Waals surface area contributed by atoms with Crippen LogP contribution in [0.2, 0.25) is 0 Å². The molecule has 11 rings (SSSR count). The van der Waals surface area contributed by atoms with Crippen LogP contribution in [0.3, 0.4) is 0 Å². The number of benzene rings is 8. The predicted octanol–water partition coefficient (Wildman–Crippen LogP) is 13.6. The van der Waals surface area contributed by atoms with Gasteiger partial charge in [0.2, 0.25) is 6.71 Å². The molecule has 0 spiro atoms. The van der Waals surface area contributed by atoms with Crippen molar-refractivity contribution in [3.8, 4) is 11.3 Å². The monoisotopic (exact) mass is 800 g/mol. The first-order valence-corrected chi connectivity index (χ1v) is 22.1. The summed E-state index contributed by atoms with van der Waals surface area (Å²) in [5.41, 5.74) is 19.7. The molecule has 0 radical (unpaired) electrons. The van der Waals surface area contributed by atoms with E-state index in [1.165, 1.54) is 60.8 Å². The third-order valence-corrected chi connectivity index (χ3v) is 13.7. The van der Waals surface area contributed by atoms with Crippen molar-refractivity contribution in [2.45, 2.75) is 51.9 Å². The van der Waals surface area contributed by atoms with Crippen LogP contribution < -0.4 is 26.2 Å². The van der Waals surface area contributed by atoms with Gasteiger partial charge in [-0.25, -0.2) is 0 Å². The molecular weight excluding hydrogens is 751 g/mol. The Balaban J connectivity index is 1.20. The Morgan fingerprint density at radius 2 is 1.10 bits per heavy atom. The van der Waals surface area contributed by atoms with Crippen LogP contribution >= 0.6 is 0 Å². The van der Waals surface area contributed by atoms with Crippen LogP contribution in [0.25, 0.3) is 22.3 Å². The summed E-state index contributed by atoms with van der Waals surface area (Å²) in [7, 11) is 0. The summed E-state index contributed by atoms with van der Waals surface area (Å²) in [6.07, 6.45) is 1.94. The van der Waals surface area contributed by atoms with Gasteiger partial charge in [-0.3, -0.25) is 0 Å². The van der Waals surface area contributed by atoms with E-state index in [0.717, 1.165) is 52.6 Å². The Bertz CT molecular complexity index is 3010. The summed E-state index contributed by atoms with van der Waals surface area (Å²) < 4.78 is 6.81. The molecule has 0 N–H and O–H groups in total. The van der Waals surface area contributed by atoms with E-state index < -0.39 is 0 Å². The molecule has 62 heavy (non-hydrogen) atoms. The van der Waals surface area contributed by atoms with Gasteiger partial charge in [-0.1, -0.05) is 152 Å². The van der Waals surface area contributed by atoms with Crippen molar-refractivity contribution < 1.29 is 4.42 Å². The van der Waals surface area contributed by atoms with E-state index >= 15 is 0 Å². The molecule has 1 unspecified atom stereocenters. The lowest BCUT2D eigenvalue weighted by Crippen LogP contribution is -2.61. The van der Waals surface area contributed by atoms with Crippen molar-refractivity contribution >= 4 is 68.2 Å². The molecule has 3 nitrogen and oxygen atoms in total. The highest BCUT2D eigenvalue weighted by atomic mass is 16.3. The van der Waals surface area contributed by atoms with Crippen LogP contribution in [-0.2, 0) is 11.8 Å². The fourth-order valence-corrected chi connectivity index (χ4v) is 10.7. The van der Waals surface area contributed by atoms with Crippen LogP contribution in [-0.4, -0.2) is 6.71 Å². The molecule has 9 aromatic rings. The molecule has 2 aliphatic heterocycles. The third kappa shape index (κ3) is 6.11. The molecular formula is C58H49BN2O. The minimum Gasteiger partial charge on any atom is -0.456 e. The summed E-state index contributed by atoms with van der Waals surface area (Å²) in [6, 6.07) is 71.1. The summed E-state index contributed by atoms with van der Waals surface area (Å²) in [5, 5.41) is 1.18. The smallest absolute Gasteiger partial charge is 0.242 e. The quantitative estimate of drug-likeness (QED) is 0.143. The van der Waals surface area contributed by atoms with E-state index in [2.05, 4.69) is 232 Å². The predicted molar refractivity (Wildman–Crippen MR) is 262 cm³/mol. The van der Waals surface area contributed by atoms with Gasteiger partial charge in [-0.05, 0) is 127 Å². The Labute approximate surface area is 366 Å². The van der Waals surface area contributed by atoms with Crippen molar-refractivity contribution in [3.05, 3.63) is 222 Å². The second-order valence-electron chi connectivity index (χ2n) is 17.6. The third-order valence-electron chi connectivity index (χ3n) is 13.7. The highest BCUT2D eigenvalue weighted by Gasteiger charge is 2.45. The van der Waals surface area contributed by atoms with Crippen molar-refractivity contribution in [1.29, 1.82) is 0 Å². The van der Waals surface area contributed by atoms with Gasteiger partial charge in [-0.15, -0.1) is 0 Å². The van der Waals surface area contributed by atoms with Crippen LogP contribution in [0.1, 0.15) is 60.9 Å². The SMILES string of the molecule is CCC1Cc2c(cccc2-c2oc3ccccc3c2C)B2c3ccc(N(c4ccccc4)c4ccccc4)cc3C(C)(C)c3cc(N(c4ccccc4)c4ccccc4)cc1c32. The second kappa shape index (κ2) is 15.1. The number of hydrogen-bond donors (Lipinski definition) is 0. The standard InChI is InChI=1S/C58H49BN2O/c1-5-40-35-50-48(57-39(2)47-29-18-19-32-55(47)62-57)30-20-31-53(50)59-54-34-33-45(60(41-21-10-6-11-22-41)42-23-12-7-13-24-42)37-51(54)58(3,4)52-38-46(36-49(40)56(52)59)61(43-25-14-8-15-26-43)44-27-16-9-17-28-44/h6-34,36-38,40H,5,35H2,1-4H3. The van der Waals surface area contributed by atoms with Gasteiger partial charge in [0.15, 0.2) is 0 Å². The van der Waals surface area contributed by atoms with Gasteiger partial charge in [-0.2, -0.15) is 0 Å². The minimum absolute atomic E-state index is 0.0334. The van der Waals surface area contributed by atoms with Gasteiger partial charge in [0.25, 0.3) is 0 Å². The van der Waals surface area contributed by atoms with Crippen LogP contribution in [0.15, 0.2) is 199 Å². The zero-order valence-corrected chi connectivity index (χ0v) is 35.8. The molecule has 300 valence electrons. The lowest BCUT2D eigenvalue weighted by Gasteiger charge is -2.42. The highest BCUT2D eigenvalue weighted by Crippen LogP contribution is 2.46. The van der Waals surface area contributed by atoms with Gasteiger partial charge in [0, 0.05) is 56.1 Å². The Morgan fingerprint density at radius 1 is 0.548 bits per heavy atom. The summed E-state index contributed by atoms with van der Waals surface area (Å²) >= 11 is 0.